The molecule has 0 atom stereocenters. The molecule has 16 heavy (non-hydrogen) atoms. The molecule has 4 nitrogen and oxygen atoms in total. The van der Waals surface area contributed by atoms with E-state index in [-0.39, 0.29) is 28.1 Å². The number of phosphoric ester groups is 1. The Hall–Kier alpha value is -0.610. The van der Waals surface area contributed by atoms with Gasteiger partial charge in [-0.3, -0.25) is 0 Å². The van der Waals surface area contributed by atoms with Gasteiger partial charge in [-0.15, -0.1) is 0 Å². The molecule has 0 aliphatic heterocycles. The second kappa shape index (κ2) is 5.15. The fourth-order valence-electron chi connectivity index (χ4n) is 1.40. The summed E-state index contributed by atoms with van der Waals surface area (Å²) in [6.07, 6.45) is 0. The van der Waals surface area contributed by atoms with Crippen molar-refractivity contribution in [3.63, 3.8) is 0 Å². The van der Waals surface area contributed by atoms with Crippen molar-refractivity contribution >= 4 is 18.6 Å². The molecular weight excluding hydrogens is 323 g/mol. The first kappa shape index (κ1) is 13.5. The summed E-state index contributed by atoms with van der Waals surface area (Å²) in [5, 5.41) is 1.43. The minimum Gasteiger partial charge on any atom is -0.780 e. The van der Waals surface area contributed by atoms with Crippen molar-refractivity contribution in [3.8, 4) is 5.75 Å². The van der Waals surface area contributed by atoms with Gasteiger partial charge in [0.25, 0.3) is 0 Å². The molecule has 2 rings (SSSR count). The molecule has 0 unspecified atom stereocenters. The molecule has 0 saturated carbocycles. The van der Waals surface area contributed by atoms with Crippen molar-refractivity contribution in [3.05, 3.63) is 42.5 Å². The maximum absolute atomic E-state index is 10.5. The molecule has 0 aliphatic carbocycles. The van der Waals surface area contributed by atoms with Crippen LogP contribution in [0.1, 0.15) is 0 Å². The molecule has 1 radical (unpaired) electrons. The first-order valence-electron chi connectivity index (χ1n) is 4.26. The molecule has 0 spiro atoms. The van der Waals surface area contributed by atoms with Crippen LogP contribution in [0.5, 0.6) is 5.75 Å². The first-order valence-corrected chi connectivity index (χ1v) is 5.72. The van der Waals surface area contributed by atoms with Gasteiger partial charge in [-0.25, -0.2) is 0 Å². The third-order valence-corrected chi connectivity index (χ3v) is 2.38. The fraction of sp³-hybridized carbons (Fsp3) is 0. The maximum atomic E-state index is 10.5. The zero-order chi connectivity index (χ0) is 10.9. The Labute approximate surface area is 108 Å². The van der Waals surface area contributed by atoms with Gasteiger partial charge in [-0.2, -0.15) is 0 Å². The Bertz CT molecular complexity index is 532. The third-order valence-electron chi connectivity index (χ3n) is 1.96. The van der Waals surface area contributed by atoms with Crippen LogP contribution in [0.25, 0.3) is 10.8 Å². The second-order valence-corrected chi connectivity index (χ2v) is 4.09. The van der Waals surface area contributed by atoms with Crippen molar-refractivity contribution in [2.75, 3.05) is 0 Å². The SMILES string of the molecule is O=P([O-])([O-])Oc1cccc2ccccc12.[Ag]. The van der Waals surface area contributed by atoms with Gasteiger partial charge in [0.2, 0.25) is 0 Å². The van der Waals surface area contributed by atoms with E-state index in [0.29, 0.717) is 5.39 Å². The van der Waals surface area contributed by atoms with E-state index in [2.05, 4.69) is 4.52 Å². The van der Waals surface area contributed by atoms with Gasteiger partial charge in [-0.05, 0) is 11.5 Å². The van der Waals surface area contributed by atoms with Crippen molar-refractivity contribution in [2.24, 2.45) is 0 Å². The van der Waals surface area contributed by atoms with Crippen LogP contribution >= 0.6 is 7.82 Å². The predicted molar refractivity (Wildman–Crippen MR) is 52.2 cm³/mol. The van der Waals surface area contributed by atoms with Crippen LogP contribution in [0, 0.1) is 0 Å². The van der Waals surface area contributed by atoms with Crippen molar-refractivity contribution in [1.29, 1.82) is 0 Å². The molecule has 0 N–H and O–H groups in total. The molecule has 2 aromatic rings. The molecule has 6 heteroatoms. The van der Waals surface area contributed by atoms with Gasteiger partial charge in [0.1, 0.15) is 13.6 Å². The van der Waals surface area contributed by atoms with Crippen molar-refractivity contribution < 1.29 is 41.3 Å². The second-order valence-electron chi connectivity index (χ2n) is 3.02. The molecule has 0 aromatic heterocycles. The maximum Gasteiger partial charge on any atom is 0.132 e. The Balaban J connectivity index is 0.00000128. The van der Waals surface area contributed by atoms with E-state index in [4.69, 9.17) is 0 Å². The fourth-order valence-corrected chi connectivity index (χ4v) is 1.80. The van der Waals surface area contributed by atoms with Crippen LogP contribution in [0.4, 0.5) is 0 Å². The van der Waals surface area contributed by atoms with E-state index in [1.165, 1.54) is 6.07 Å². The van der Waals surface area contributed by atoms with Gasteiger partial charge in [-0.1, -0.05) is 36.4 Å². The summed E-state index contributed by atoms with van der Waals surface area (Å²) in [6.45, 7) is 0. The minimum absolute atomic E-state index is 0. The smallest absolute Gasteiger partial charge is 0.132 e. The largest absolute Gasteiger partial charge is 0.780 e. The minimum atomic E-state index is -4.99. The molecule has 0 amide bonds. The van der Waals surface area contributed by atoms with E-state index in [9.17, 15) is 14.4 Å². The van der Waals surface area contributed by atoms with Gasteiger partial charge < -0.3 is 18.9 Å². The summed E-state index contributed by atoms with van der Waals surface area (Å²) in [5.41, 5.74) is 0. The summed E-state index contributed by atoms with van der Waals surface area (Å²) in [6, 6.07) is 12.0. The van der Waals surface area contributed by atoms with Crippen LogP contribution in [0.2, 0.25) is 0 Å². The normalized spacial score (nSPS) is 10.9. The van der Waals surface area contributed by atoms with Gasteiger partial charge in [0, 0.05) is 27.8 Å². The number of hydrogen-bond donors (Lipinski definition) is 0. The number of hydrogen-bond acceptors (Lipinski definition) is 4. The van der Waals surface area contributed by atoms with Gasteiger partial charge in [0.05, 0.1) is 0 Å². The van der Waals surface area contributed by atoms with Crippen LogP contribution in [-0.4, -0.2) is 0 Å². The molecule has 0 aliphatic rings. The quantitative estimate of drug-likeness (QED) is 0.609. The summed E-state index contributed by atoms with van der Waals surface area (Å²) in [7, 11) is -4.99. The van der Waals surface area contributed by atoms with Crippen LogP contribution in [0.3, 0.4) is 0 Å². The van der Waals surface area contributed by atoms with E-state index in [0.717, 1.165) is 5.39 Å². The summed E-state index contributed by atoms with van der Waals surface area (Å²) < 4.78 is 14.9. The van der Waals surface area contributed by atoms with E-state index >= 15 is 0 Å². The molecule has 0 fully saturated rings. The topological polar surface area (TPSA) is 72.4 Å². The average molecular weight is 330 g/mol. The van der Waals surface area contributed by atoms with E-state index < -0.39 is 7.82 Å². The Morgan fingerprint density at radius 2 is 1.62 bits per heavy atom. The van der Waals surface area contributed by atoms with Crippen LogP contribution in [-0.2, 0) is 26.9 Å². The molecule has 0 heterocycles. The summed E-state index contributed by atoms with van der Waals surface area (Å²) >= 11 is 0. The third kappa shape index (κ3) is 3.19. The molecule has 0 bridgehead atoms. The Morgan fingerprint density at radius 1 is 1.00 bits per heavy atom. The van der Waals surface area contributed by atoms with Crippen molar-refractivity contribution in [1.82, 2.24) is 0 Å². The van der Waals surface area contributed by atoms with Crippen LogP contribution in [0.15, 0.2) is 42.5 Å². The molecule has 0 saturated heterocycles. The standard InChI is InChI=1S/C10H9O4P.Ag/c11-15(12,13)14-10-7-3-5-8-4-1-2-6-9(8)10;/h1-7H,(H2,11,12,13);/p-2. The average Bonchev–Trinajstić information content (AvgIpc) is 2.16. The van der Waals surface area contributed by atoms with Gasteiger partial charge >= 0.3 is 0 Å². The monoisotopic (exact) mass is 329 g/mol. The first-order chi connectivity index (χ1) is 7.06. The number of rotatable bonds is 2. The molecule has 2 aromatic carbocycles. The van der Waals surface area contributed by atoms with E-state index in [1.807, 2.05) is 18.2 Å². The zero-order valence-electron chi connectivity index (χ0n) is 7.92. The van der Waals surface area contributed by atoms with Crippen LogP contribution < -0.4 is 14.3 Å². The Kier molecular flexibility index (Phi) is 4.33. The zero-order valence-corrected chi connectivity index (χ0v) is 10.3. The number of fused-ring (bicyclic) bond motifs is 1. The Morgan fingerprint density at radius 3 is 2.31 bits per heavy atom. The van der Waals surface area contributed by atoms with Gasteiger partial charge in [0.15, 0.2) is 0 Å². The molecular formula is C10H7AgO4P-2. The molecule has 89 valence electrons. The summed E-state index contributed by atoms with van der Waals surface area (Å²) in [4.78, 5) is 21.0. The summed E-state index contributed by atoms with van der Waals surface area (Å²) in [5.74, 6) is 0.0708. The number of benzene rings is 2. The predicted octanol–water partition coefficient (Wildman–Crippen LogP) is 1.04. The number of phosphoric acid groups is 1. The van der Waals surface area contributed by atoms with E-state index in [1.54, 1.807) is 18.2 Å². The van der Waals surface area contributed by atoms with Crippen molar-refractivity contribution in [2.45, 2.75) is 0 Å².